The molecule has 0 saturated carbocycles. The molecule has 0 spiro atoms. The van der Waals surface area contributed by atoms with E-state index in [2.05, 4.69) is 31.9 Å². The van der Waals surface area contributed by atoms with Crippen LogP contribution in [0.1, 0.15) is 5.56 Å². The minimum Gasteiger partial charge on any atom is -0.455 e. The van der Waals surface area contributed by atoms with Crippen LogP contribution in [0.25, 0.3) is 0 Å². The predicted molar refractivity (Wildman–Crippen MR) is 86.3 cm³/mol. The van der Waals surface area contributed by atoms with Gasteiger partial charge in [0.1, 0.15) is 11.5 Å². The van der Waals surface area contributed by atoms with Gasteiger partial charge in [-0.2, -0.15) is 0 Å². The van der Waals surface area contributed by atoms with Crippen LogP contribution in [0.15, 0.2) is 39.3 Å². The lowest BCUT2D eigenvalue weighted by Crippen LogP contribution is -1.99. The molecule has 0 bridgehead atoms. The Labute approximate surface area is 138 Å². The second-order valence-electron chi connectivity index (χ2n) is 3.75. The summed E-state index contributed by atoms with van der Waals surface area (Å²) in [6.45, 7) is 0.372. The van der Waals surface area contributed by atoms with E-state index in [4.69, 9.17) is 33.7 Å². The highest BCUT2D eigenvalue weighted by Gasteiger charge is 2.10. The molecule has 2 rings (SSSR count). The molecule has 2 aromatic carbocycles. The smallest absolute Gasteiger partial charge is 0.147 e. The molecule has 0 saturated heterocycles. The first-order valence-electron chi connectivity index (χ1n) is 5.32. The highest BCUT2D eigenvalue weighted by atomic mass is 79.9. The van der Waals surface area contributed by atoms with Crippen molar-refractivity contribution in [3.05, 3.63) is 54.9 Å². The first-order chi connectivity index (χ1) is 9.01. The number of hydrogen-bond donors (Lipinski definition) is 1. The maximum absolute atomic E-state index is 6.12. The molecule has 0 unspecified atom stereocenters. The van der Waals surface area contributed by atoms with E-state index in [1.54, 1.807) is 12.1 Å². The van der Waals surface area contributed by atoms with E-state index < -0.39 is 0 Å². The SMILES string of the molecule is NCc1cc(Br)ccc1Oc1cc(Cl)c(Br)cc1Cl. The van der Waals surface area contributed by atoms with Crippen LogP contribution in [-0.2, 0) is 6.54 Å². The van der Waals surface area contributed by atoms with Crippen molar-refractivity contribution in [1.29, 1.82) is 0 Å². The molecule has 19 heavy (non-hydrogen) atoms. The van der Waals surface area contributed by atoms with Gasteiger partial charge in [-0.05, 0) is 40.2 Å². The lowest BCUT2D eigenvalue weighted by Gasteiger charge is -2.12. The van der Waals surface area contributed by atoms with E-state index in [1.165, 1.54) is 0 Å². The first kappa shape index (κ1) is 15.1. The highest BCUT2D eigenvalue weighted by molar-refractivity contribution is 9.10. The van der Waals surface area contributed by atoms with E-state index in [0.29, 0.717) is 28.1 Å². The van der Waals surface area contributed by atoms with Crippen molar-refractivity contribution in [2.24, 2.45) is 5.73 Å². The van der Waals surface area contributed by atoms with Gasteiger partial charge in [-0.25, -0.2) is 0 Å². The number of hydrogen-bond acceptors (Lipinski definition) is 2. The van der Waals surface area contributed by atoms with E-state index in [9.17, 15) is 0 Å². The summed E-state index contributed by atoms with van der Waals surface area (Å²) in [5.41, 5.74) is 6.58. The topological polar surface area (TPSA) is 35.2 Å². The van der Waals surface area contributed by atoms with Gasteiger partial charge in [0.2, 0.25) is 0 Å². The average molecular weight is 426 g/mol. The third-order valence-corrected chi connectivity index (χ3v) is 4.42. The molecule has 0 heterocycles. The van der Waals surface area contributed by atoms with Crippen LogP contribution < -0.4 is 10.5 Å². The average Bonchev–Trinajstić information content (AvgIpc) is 2.37. The van der Waals surface area contributed by atoms with Crippen LogP contribution in [0.3, 0.4) is 0 Å². The summed E-state index contributed by atoms with van der Waals surface area (Å²) in [5.74, 6) is 1.15. The quantitative estimate of drug-likeness (QED) is 0.633. The maximum atomic E-state index is 6.12. The number of rotatable bonds is 3. The summed E-state index contributed by atoms with van der Waals surface area (Å²) in [5, 5.41) is 1.01. The minimum absolute atomic E-state index is 0.372. The lowest BCUT2D eigenvalue weighted by atomic mass is 10.2. The van der Waals surface area contributed by atoms with Gasteiger partial charge in [0, 0.05) is 27.1 Å². The summed E-state index contributed by atoms with van der Waals surface area (Å²) in [6, 6.07) is 8.97. The lowest BCUT2D eigenvalue weighted by molar-refractivity contribution is 0.476. The van der Waals surface area contributed by atoms with Gasteiger partial charge in [0.25, 0.3) is 0 Å². The van der Waals surface area contributed by atoms with Gasteiger partial charge in [-0.3, -0.25) is 0 Å². The molecule has 0 fully saturated rings. The summed E-state index contributed by atoms with van der Waals surface area (Å²) in [6.07, 6.45) is 0. The zero-order chi connectivity index (χ0) is 14.0. The van der Waals surface area contributed by atoms with Crippen molar-refractivity contribution in [2.75, 3.05) is 0 Å². The van der Waals surface area contributed by atoms with Crippen molar-refractivity contribution in [1.82, 2.24) is 0 Å². The van der Waals surface area contributed by atoms with Crippen molar-refractivity contribution in [2.45, 2.75) is 6.54 Å². The van der Waals surface area contributed by atoms with Crippen molar-refractivity contribution >= 4 is 55.1 Å². The molecule has 0 aliphatic carbocycles. The Hall–Kier alpha value is -0.260. The van der Waals surface area contributed by atoms with E-state index in [1.807, 2.05) is 18.2 Å². The van der Waals surface area contributed by atoms with Crippen molar-refractivity contribution in [3.63, 3.8) is 0 Å². The number of ether oxygens (including phenoxy) is 1. The van der Waals surface area contributed by atoms with Gasteiger partial charge < -0.3 is 10.5 Å². The predicted octanol–water partition coefficient (Wildman–Crippen LogP) is 5.77. The second-order valence-corrected chi connectivity index (χ2v) is 6.34. The fraction of sp³-hybridized carbons (Fsp3) is 0.0769. The molecular weight excluding hydrogens is 417 g/mol. The molecular formula is C13H9Br2Cl2NO. The van der Waals surface area contributed by atoms with Crippen LogP contribution in [-0.4, -0.2) is 0 Å². The van der Waals surface area contributed by atoms with Gasteiger partial charge in [-0.15, -0.1) is 0 Å². The zero-order valence-electron chi connectivity index (χ0n) is 9.59. The Balaban J connectivity index is 2.39. The molecule has 6 heteroatoms. The Morgan fingerprint density at radius 2 is 1.74 bits per heavy atom. The first-order valence-corrected chi connectivity index (χ1v) is 7.66. The molecule has 2 aromatic rings. The van der Waals surface area contributed by atoms with Crippen molar-refractivity contribution in [3.8, 4) is 11.5 Å². The fourth-order valence-electron chi connectivity index (χ4n) is 1.51. The second kappa shape index (κ2) is 6.46. The number of benzene rings is 2. The van der Waals surface area contributed by atoms with Gasteiger partial charge in [0.15, 0.2) is 0 Å². The minimum atomic E-state index is 0.372. The molecule has 100 valence electrons. The van der Waals surface area contributed by atoms with Crippen LogP contribution in [0.5, 0.6) is 11.5 Å². The molecule has 0 aliphatic heterocycles. The molecule has 0 amide bonds. The highest BCUT2D eigenvalue weighted by Crippen LogP contribution is 2.37. The van der Waals surface area contributed by atoms with E-state index in [-0.39, 0.29) is 0 Å². The largest absolute Gasteiger partial charge is 0.455 e. The third-order valence-electron chi connectivity index (χ3n) is 2.44. The summed E-state index contributed by atoms with van der Waals surface area (Å²) >= 11 is 18.9. The normalized spacial score (nSPS) is 10.6. The number of nitrogens with two attached hydrogens (primary N) is 1. The number of halogens is 4. The summed E-state index contributed by atoms with van der Waals surface area (Å²) in [7, 11) is 0. The molecule has 0 radical (unpaired) electrons. The summed E-state index contributed by atoms with van der Waals surface area (Å²) in [4.78, 5) is 0. The Morgan fingerprint density at radius 3 is 2.42 bits per heavy atom. The Morgan fingerprint density at radius 1 is 1.00 bits per heavy atom. The molecule has 2 nitrogen and oxygen atoms in total. The molecule has 0 atom stereocenters. The van der Waals surface area contributed by atoms with Crippen LogP contribution in [0.4, 0.5) is 0 Å². The monoisotopic (exact) mass is 423 g/mol. The van der Waals surface area contributed by atoms with Crippen LogP contribution in [0, 0.1) is 0 Å². The molecule has 0 aromatic heterocycles. The maximum Gasteiger partial charge on any atom is 0.147 e. The van der Waals surface area contributed by atoms with Gasteiger partial charge in [-0.1, -0.05) is 39.1 Å². The third kappa shape index (κ3) is 3.64. The van der Waals surface area contributed by atoms with Gasteiger partial charge in [0.05, 0.1) is 10.0 Å². The summed E-state index contributed by atoms with van der Waals surface area (Å²) < 4.78 is 7.45. The van der Waals surface area contributed by atoms with Crippen LogP contribution >= 0.6 is 55.1 Å². The Kier molecular flexibility index (Phi) is 5.15. The van der Waals surface area contributed by atoms with E-state index in [0.717, 1.165) is 14.5 Å². The molecule has 2 N–H and O–H groups in total. The fourth-order valence-corrected chi connectivity index (χ4v) is 2.75. The van der Waals surface area contributed by atoms with Crippen molar-refractivity contribution < 1.29 is 4.74 Å². The van der Waals surface area contributed by atoms with Crippen LogP contribution in [0.2, 0.25) is 10.0 Å². The molecule has 0 aliphatic rings. The zero-order valence-corrected chi connectivity index (χ0v) is 14.3. The van der Waals surface area contributed by atoms with E-state index >= 15 is 0 Å². The van der Waals surface area contributed by atoms with Gasteiger partial charge >= 0.3 is 0 Å². The standard InChI is InChI=1S/C13H9Br2Cl2NO/c14-8-1-2-12(7(3-8)6-18)19-13-5-10(16)9(15)4-11(13)17/h1-5H,6,18H2. The Bertz CT molecular complexity index is 620.